The van der Waals surface area contributed by atoms with Gasteiger partial charge >= 0.3 is 0 Å². The van der Waals surface area contributed by atoms with E-state index < -0.39 is 43.3 Å². The van der Waals surface area contributed by atoms with Crippen LogP contribution in [-0.2, 0) is 4.74 Å². The largest absolute Gasteiger partial charge is 0.394 e. The average Bonchev–Trinajstić information content (AvgIpc) is 3.33. The average molecular weight is 417 g/mol. The summed E-state index contributed by atoms with van der Waals surface area (Å²) in [6.45, 7) is -0.810. The molecule has 6 atom stereocenters. The Morgan fingerprint density at radius 3 is 2.50 bits per heavy atom. The molecule has 30 heavy (non-hydrogen) atoms. The number of rotatable bonds is 7. The van der Waals surface area contributed by atoms with Crippen LogP contribution in [0.5, 0.6) is 0 Å². The first-order chi connectivity index (χ1) is 14.5. The molecule has 11 nitrogen and oxygen atoms in total. The van der Waals surface area contributed by atoms with Crippen molar-refractivity contribution < 1.29 is 30.3 Å². The van der Waals surface area contributed by atoms with E-state index in [1.807, 2.05) is 6.07 Å². The molecule has 2 aromatic heterocycles. The molecule has 0 amide bonds. The Hall–Kier alpha value is -2.67. The molecule has 1 aromatic carbocycles. The highest BCUT2D eigenvalue weighted by atomic mass is 16.6. The highest BCUT2D eigenvalue weighted by Crippen LogP contribution is 2.32. The topological polar surface area (TPSA) is 166 Å². The molecule has 1 aliphatic rings. The van der Waals surface area contributed by atoms with Gasteiger partial charge in [-0.25, -0.2) is 15.0 Å². The summed E-state index contributed by atoms with van der Waals surface area (Å²) in [6.07, 6.45) is -2.80. The third-order valence-corrected chi connectivity index (χ3v) is 5.19. The van der Waals surface area contributed by atoms with Gasteiger partial charge in [0.15, 0.2) is 23.2 Å². The minimum atomic E-state index is -1.28. The standard InChI is InChI=1S/C19H23N5O6/c25-6-11(14(27)10-4-2-1-3-5-10)23-17-13-18(21-8-20-17)24(9-22-13)19-16(29)15(28)12(7-26)30-19/h1-5,8-9,11-12,14-16,19,25-29H,6-7H2,(H,20,21,23)/t11-,12-,14-,15+,16?,19-/m1/s1. The van der Waals surface area contributed by atoms with E-state index in [1.54, 1.807) is 24.3 Å². The molecule has 0 spiro atoms. The molecule has 0 saturated carbocycles. The van der Waals surface area contributed by atoms with Crippen LogP contribution in [0.3, 0.4) is 0 Å². The molecule has 0 radical (unpaired) electrons. The van der Waals surface area contributed by atoms with Crippen LogP contribution in [0.15, 0.2) is 43.0 Å². The van der Waals surface area contributed by atoms with E-state index in [1.165, 1.54) is 17.2 Å². The number of fused-ring (bicyclic) bond motifs is 1. The lowest BCUT2D eigenvalue weighted by Crippen LogP contribution is -2.33. The first-order valence-corrected chi connectivity index (χ1v) is 9.45. The van der Waals surface area contributed by atoms with Gasteiger partial charge in [-0.3, -0.25) is 4.57 Å². The number of imidazole rings is 1. The molecular formula is C19H23N5O6. The number of aliphatic hydroxyl groups is 5. The minimum Gasteiger partial charge on any atom is -0.394 e. The van der Waals surface area contributed by atoms with E-state index in [9.17, 15) is 25.5 Å². The summed E-state index contributed by atoms with van der Waals surface area (Å²) in [7, 11) is 0. The normalized spacial score (nSPS) is 26.0. The van der Waals surface area contributed by atoms with Crippen LogP contribution in [0, 0.1) is 0 Å². The molecule has 3 aromatic rings. The summed E-state index contributed by atoms with van der Waals surface area (Å²) in [5.74, 6) is 0.277. The molecule has 1 aliphatic heterocycles. The van der Waals surface area contributed by atoms with Gasteiger partial charge in [-0.2, -0.15) is 0 Å². The zero-order valence-electron chi connectivity index (χ0n) is 15.9. The molecule has 3 heterocycles. The Morgan fingerprint density at radius 2 is 1.83 bits per heavy atom. The summed E-state index contributed by atoms with van der Waals surface area (Å²) in [6, 6.07) is 8.15. The molecule has 160 valence electrons. The molecular weight excluding hydrogens is 394 g/mol. The maximum atomic E-state index is 10.6. The van der Waals surface area contributed by atoms with Gasteiger partial charge in [-0.15, -0.1) is 0 Å². The number of aliphatic hydroxyl groups excluding tert-OH is 5. The zero-order valence-corrected chi connectivity index (χ0v) is 15.9. The summed E-state index contributed by atoms with van der Waals surface area (Å²) < 4.78 is 6.98. The third kappa shape index (κ3) is 3.62. The molecule has 0 bridgehead atoms. The Bertz CT molecular complexity index is 986. The Labute approximate surface area is 171 Å². The predicted octanol–water partition coefficient (Wildman–Crippen LogP) is -1.06. The second kappa shape index (κ2) is 8.60. The van der Waals surface area contributed by atoms with Crippen LogP contribution in [0.2, 0.25) is 0 Å². The van der Waals surface area contributed by atoms with E-state index >= 15 is 0 Å². The van der Waals surface area contributed by atoms with Gasteiger partial charge in [0, 0.05) is 0 Å². The highest BCUT2D eigenvalue weighted by molar-refractivity contribution is 5.82. The van der Waals surface area contributed by atoms with E-state index in [-0.39, 0.29) is 12.4 Å². The number of nitrogens with zero attached hydrogens (tertiary/aromatic N) is 4. The fourth-order valence-corrected chi connectivity index (χ4v) is 3.54. The monoisotopic (exact) mass is 417 g/mol. The number of benzene rings is 1. The predicted molar refractivity (Wildman–Crippen MR) is 104 cm³/mol. The number of aromatic nitrogens is 4. The molecule has 11 heteroatoms. The van der Waals surface area contributed by atoms with Gasteiger partial charge < -0.3 is 35.6 Å². The first-order valence-electron chi connectivity index (χ1n) is 9.45. The molecule has 1 saturated heterocycles. The molecule has 0 aliphatic carbocycles. The minimum absolute atomic E-state index is 0.277. The van der Waals surface area contributed by atoms with Crippen molar-refractivity contribution in [3.8, 4) is 0 Å². The number of nitrogens with one attached hydrogen (secondary N) is 1. The fourth-order valence-electron chi connectivity index (χ4n) is 3.54. The maximum absolute atomic E-state index is 10.6. The van der Waals surface area contributed by atoms with Crippen LogP contribution in [-0.4, -0.2) is 82.6 Å². The van der Waals surface area contributed by atoms with Gasteiger partial charge in [0.1, 0.15) is 30.7 Å². The zero-order chi connectivity index (χ0) is 21.3. The number of ether oxygens (including phenoxy) is 1. The van der Waals surface area contributed by atoms with Crippen LogP contribution < -0.4 is 5.32 Å². The van der Waals surface area contributed by atoms with E-state index in [4.69, 9.17) is 4.74 Å². The quantitative estimate of drug-likeness (QED) is 0.279. The summed E-state index contributed by atoms with van der Waals surface area (Å²) in [5, 5.41) is 53.0. The molecule has 4 rings (SSSR count). The molecule has 6 N–H and O–H groups in total. The smallest absolute Gasteiger partial charge is 0.167 e. The lowest BCUT2D eigenvalue weighted by atomic mass is 10.0. The summed E-state index contributed by atoms with van der Waals surface area (Å²) >= 11 is 0. The van der Waals surface area contributed by atoms with Crippen LogP contribution in [0.4, 0.5) is 5.82 Å². The maximum Gasteiger partial charge on any atom is 0.167 e. The summed E-state index contributed by atoms with van der Waals surface area (Å²) in [5.41, 5.74) is 1.27. The van der Waals surface area contributed by atoms with Crippen LogP contribution in [0.25, 0.3) is 11.2 Å². The second-order valence-corrected chi connectivity index (χ2v) is 7.06. The van der Waals surface area contributed by atoms with Gasteiger partial charge in [-0.1, -0.05) is 30.3 Å². The van der Waals surface area contributed by atoms with Gasteiger partial charge in [-0.05, 0) is 5.56 Å². The van der Waals surface area contributed by atoms with Gasteiger partial charge in [0.25, 0.3) is 0 Å². The second-order valence-electron chi connectivity index (χ2n) is 7.06. The fraction of sp³-hybridized carbons (Fsp3) is 0.421. The Kier molecular flexibility index (Phi) is 5.90. The van der Waals surface area contributed by atoms with E-state index in [0.29, 0.717) is 16.7 Å². The number of anilines is 1. The van der Waals surface area contributed by atoms with Crippen molar-refractivity contribution in [1.82, 2.24) is 19.5 Å². The van der Waals surface area contributed by atoms with Crippen molar-refractivity contribution in [2.45, 2.75) is 36.7 Å². The van der Waals surface area contributed by atoms with Crippen molar-refractivity contribution in [3.63, 3.8) is 0 Å². The molecule has 1 unspecified atom stereocenters. The van der Waals surface area contributed by atoms with Gasteiger partial charge in [0.05, 0.1) is 25.6 Å². The van der Waals surface area contributed by atoms with Crippen molar-refractivity contribution in [2.24, 2.45) is 0 Å². The molecule has 1 fully saturated rings. The van der Waals surface area contributed by atoms with E-state index in [2.05, 4.69) is 20.3 Å². The lowest BCUT2D eigenvalue weighted by Gasteiger charge is -2.23. The van der Waals surface area contributed by atoms with Gasteiger partial charge in [0.2, 0.25) is 0 Å². The highest BCUT2D eigenvalue weighted by Gasteiger charge is 2.44. The summed E-state index contributed by atoms with van der Waals surface area (Å²) in [4.78, 5) is 12.6. The van der Waals surface area contributed by atoms with Crippen molar-refractivity contribution in [1.29, 1.82) is 0 Å². The van der Waals surface area contributed by atoms with Crippen LogP contribution in [0.1, 0.15) is 17.9 Å². The SMILES string of the molecule is OC[C@@H](Nc1ncnc2c1ncn2[C@@H]1O[C@H](CO)[C@H](O)C1O)[C@H](O)c1ccccc1. The number of hydrogen-bond donors (Lipinski definition) is 6. The van der Waals surface area contributed by atoms with Crippen molar-refractivity contribution in [2.75, 3.05) is 18.5 Å². The lowest BCUT2D eigenvalue weighted by molar-refractivity contribution is -0.0511. The third-order valence-electron chi connectivity index (χ3n) is 5.19. The Morgan fingerprint density at radius 1 is 1.07 bits per heavy atom. The van der Waals surface area contributed by atoms with Crippen molar-refractivity contribution >= 4 is 17.0 Å². The van der Waals surface area contributed by atoms with E-state index in [0.717, 1.165) is 0 Å². The Balaban J connectivity index is 1.62. The van der Waals surface area contributed by atoms with Crippen LogP contribution >= 0.6 is 0 Å². The van der Waals surface area contributed by atoms with Crippen molar-refractivity contribution in [3.05, 3.63) is 48.5 Å². The number of hydrogen-bond acceptors (Lipinski definition) is 10. The first kappa shape index (κ1) is 20.6.